The Hall–Kier alpha value is -2.16. The van der Waals surface area contributed by atoms with Crippen LogP contribution in [0.2, 0.25) is 0 Å². The van der Waals surface area contributed by atoms with Gasteiger partial charge in [-0.05, 0) is 35.1 Å². The van der Waals surface area contributed by atoms with Gasteiger partial charge in [-0.25, -0.2) is 0 Å². The van der Waals surface area contributed by atoms with Crippen LogP contribution in [-0.4, -0.2) is 10.9 Å². The smallest absolute Gasteiger partial charge is 0.253 e. The van der Waals surface area contributed by atoms with E-state index >= 15 is 0 Å². The highest BCUT2D eigenvalue weighted by Crippen LogP contribution is 2.24. The first-order valence-electron chi connectivity index (χ1n) is 7.79. The van der Waals surface area contributed by atoms with Crippen LogP contribution < -0.4 is 5.32 Å². The summed E-state index contributed by atoms with van der Waals surface area (Å²) in [7, 11) is 0. The number of hydrogen-bond donors (Lipinski definition) is 1. The first-order chi connectivity index (χ1) is 10.5. The minimum Gasteiger partial charge on any atom is -0.345 e. The summed E-state index contributed by atoms with van der Waals surface area (Å²) >= 11 is 0. The van der Waals surface area contributed by atoms with Crippen LogP contribution in [-0.2, 0) is 0 Å². The first kappa shape index (κ1) is 16.2. The second-order valence-electron chi connectivity index (χ2n) is 6.26. The maximum absolute atomic E-state index is 12.4. The topological polar surface area (TPSA) is 42.0 Å². The molecule has 1 heterocycles. The lowest BCUT2D eigenvalue weighted by Crippen LogP contribution is -2.31. The molecule has 0 aliphatic rings. The lowest BCUT2D eigenvalue weighted by molar-refractivity contribution is 0.0925. The average molecular weight is 296 g/mol. The lowest BCUT2D eigenvalue weighted by Gasteiger charge is -2.23. The molecule has 0 saturated heterocycles. The molecule has 1 amide bonds. The van der Waals surface area contributed by atoms with Gasteiger partial charge in [0.1, 0.15) is 0 Å². The largest absolute Gasteiger partial charge is 0.345 e. The van der Waals surface area contributed by atoms with Crippen molar-refractivity contribution in [1.82, 2.24) is 10.3 Å². The number of benzene rings is 1. The van der Waals surface area contributed by atoms with Crippen LogP contribution in [0.1, 0.15) is 61.1 Å². The van der Waals surface area contributed by atoms with Crippen molar-refractivity contribution >= 4 is 5.91 Å². The third kappa shape index (κ3) is 3.94. The van der Waals surface area contributed by atoms with Crippen LogP contribution >= 0.6 is 0 Å². The van der Waals surface area contributed by atoms with Crippen LogP contribution in [0, 0.1) is 5.92 Å². The summed E-state index contributed by atoms with van der Waals surface area (Å²) in [4.78, 5) is 16.4. The van der Waals surface area contributed by atoms with E-state index in [4.69, 9.17) is 0 Å². The van der Waals surface area contributed by atoms with Crippen molar-refractivity contribution in [3.05, 3.63) is 65.5 Å². The van der Waals surface area contributed by atoms with Gasteiger partial charge in [-0.2, -0.15) is 0 Å². The number of nitrogens with one attached hydrogen (secondary N) is 1. The van der Waals surface area contributed by atoms with Crippen LogP contribution in [0.25, 0.3) is 0 Å². The van der Waals surface area contributed by atoms with Gasteiger partial charge in [-0.15, -0.1) is 0 Å². The van der Waals surface area contributed by atoms with Crippen LogP contribution in [0.4, 0.5) is 0 Å². The fourth-order valence-electron chi connectivity index (χ4n) is 2.44. The summed E-state index contributed by atoms with van der Waals surface area (Å²) < 4.78 is 0. The van der Waals surface area contributed by atoms with Gasteiger partial charge >= 0.3 is 0 Å². The van der Waals surface area contributed by atoms with Gasteiger partial charge in [0.2, 0.25) is 0 Å². The molecule has 2 aromatic rings. The van der Waals surface area contributed by atoms with Crippen molar-refractivity contribution in [2.24, 2.45) is 5.92 Å². The Morgan fingerprint density at radius 1 is 1.00 bits per heavy atom. The second kappa shape index (κ2) is 7.21. The predicted octanol–water partition coefficient (Wildman–Crippen LogP) is 4.33. The van der Waals surface area contributed by atoms with E-state index in [2.05, 4.69) is 62.3 Å². The third-order valence-electron chi connectivity index (χ3n) is 3.84. The summed E-state index contributed by atoms with van der Waals surface area (Å²) in [5.74, 6) is 0.738. The zero-order valence-corrected chi connectivity index (χ0v) is 13.7. The van der Waals surface area contributed by atoms with Crippen LogP contribution in [0.3, 0.4) is 0 Å². The molecule has 0 spiro atoms. The van der Waals surface area contributed by atoms with E-state index in [9.17, 15) is 4.79 Å². The number of nitrogens with zero attached hydrogens (tertiary/aromatic N) is 1. The number of aromatic nitrogens is 1. The Morgan fingerprint density at radius 2 is 1.64 bits per heavy atom. The van der Waals surface area contributed by atoms with Gasteiger partial charge in [-0.1, -0.05) is 52.0 Å². The Morgan fingerprint density at radius 3 is 2.14 bits per heavy atom. The molecule has 2 rings (SSSR count). The second-order valence-corrected chi connectivity index (χ2v) is 6.26. The molecule has 116 valence electrons. The molecular weight excluding hydrogens is 272 g/mol. The van der Waals surface area contributed by atoms with E-state index in [-0.39, 0.29) is 11.9 Å². The molecule has 1 unspecified atom stereocenters. The van der Waals surface area contributed by atoms with E-state index in [0.717, 1.165) is 5.56 Å². The molecule has 1 N–H and O–H groups in total. The van der Waals surface area contributed by atoms with E-state index < -0.39 is 0 Å². The van der Waals surface area contributed by atoms with Gasteiger partial charge in [-0.3, -0.25) is 9.78 Å². The van der Waals surface area contributed by atoms with Crippen molar-refractivity contribution in [3.8, 4) is 0 Å². The first-order valence-corrected chi connectivity index (χ1v) is 7.79. The molecule has 0 bridgehead atoms. The van der Waals surface area contributed by atoms with Gasteiger partial charge in [0.15, 0.2) is 0 Å². The molecule has 0 saturated carbocycles. The molecule has 0 aliphatic carbocycles. The standard InChI is InChI=1S/C19H24N2O/c1-13(2)15-7-9-16(10-8-15)18(14(3)4)21-19(22)17-6-5-11-20-12-17/h5-14,18H,1-4H3,(H,21,22). The minimum atomic E-state index is -0.0836. The predicted molar refractivity (Wildman–Crippen MR) is 89.8 cm³/mol. The minimum absolute atomic E-state index is 0.00563. The number of hydrogen-bond acceptors (Lipinski definition) is 2. The van der Waals surface area contributed by atoms with E-state index in [1.54, 1.807) is 24.5 Å². The van der Waals surface area contributed by atoms with Gasteiger partial charge in [0, 0.05) is 12.4 Å². The van der Waals surface area contributed by atoms with E-state index in [1.165, 1.54) is 5.56 Å². The van der Waals surface area contributed by atoms with Crippen molar-refractivity contribution in [2.45, 2.75) is 39.7 Å². The molecule has 1 atom stereocenters. The average Bonchev–Trinajstić information content (AvgIpc) is 2.53. The van der Waals surface area contributed by atoms with Gasteiger partial charge in [0.25, 0.3) is 5.91 Å². The van der Waals surface area contributed by atoms with E-state index in [1.807, 2.05) is 0 Å². The zero-order chi connectivity index (χ0) is 16.1. The highest BCUT2D eigenvalue weighted by Gasteiger charge is 2.19. The van der Waals surface area contributed by atoms with Gasteiger partial charge < -0.3 is 5.32 Å². The molecule has 0 radical (unpaired) electrons. The molecule has 3 heteroatoms. The number of pyridine rings is 1. The van der Waals surface area contributed by atoms with Gasteiger partial charge in [0.05, 0.1) is 11.6 Å². The highest BCUT2D eigenvalue weighted by atomic mass is 16.1. The maximum atomic E-state index is 12.4. The summed E-state index contributed by atoms with van der Waals surface area (Å²) in [6.07, 6.45) is 3.26. The van der Waals surface area contributed by atoms with E-state index in [0.29, 0.717) is 17.4 Å². The SMILES string of the molecule is CC(C)c1ccc(C(NC(=O)c2cccnc2)C(C)C)cc1. The van der Waals surface area contributed by atoms with Crippen LogP contribution in [0.15, 0.2) is 48.8 Å². The molecule has 1 aromatic carbocycles. The van der Waals surface area contributed by atoms with Crippen molar-refractivity contribution in [2.75, 3.05) is 0 Å². The van der Waals surface area contributed by atoms with Crippen LogP contribution in [0.5, 0.6) is 0 Å². The fraction of sp³-hybridized carbons (Fsp3) is 0.368. The molecule has 3 nitrogen and oxygen atoms in total. The Balaban J connectivity index is 2.18. The fourth-order valence-corrected chi connectivity index (χ4v) is 2.44. The Labute approximate surface area is 132 Å². The summed E-state index contributed by atoms with van der Waals surface area (Å²) in [5.41, 5.74) is 3.04. The number of carbonyl (C=O) groups excluding carboxylic acids is 1. The number of rotatable bonds is 5. The summed E-state index contributed by atoms with van der Waals surface area (Å²) in [6.45, 7) is 8.59. The summed E-state index contributed by atoms with van der Waals surface area (Å²) in [5, 5.41) is 3.12. The third-order valence-corrected chi connectivity index (χ3v) is 3.84. The van der Waals surface area contributed by atoms with Crippen molar-refractivity contribution < 1.29 is 4.79 Å². The Kier molecular flexibility index (Phi) is 5.31. The zero-order valence-electron chi connectivity index (χ0n) is 13.7. The number of carbonyl (C=O) groups is 1. The molecule has 0 fully saturated rings. The monoisotopic (exact) mass is 296 g/mol. The highest BCUT2D eigenvalue weighted by molar-refractivity contribution is 5.94. The molecular formula is C19H24N2O. The maximum Gasteiger partial charge on any atom is 0.253 e. The summed E-state index contributed by atoms with van der Waals surface area (Å²) in [6, 6.07) is 12.1. The number of amides is 1. The molecule has 1 aromatic heterocycles. The lowest BCUT2D eigenvalue weighted by atomic mass is 9.93. The molecule has 0 aliphatic heterocycles. The normalized spacial score (nSPS) is 12.5. The van der Waals surface area contributed by atoms with Crippen molar-refractivity contribution in [1.29, 1.82) is 0 Å². The quantitative estimate of drug-likeness (QED) is 0.892. The molecule has 22 heavy (non-hydrogen) atoms. The Bertz CT molecular complexity index is 603. The van der Waals surface area contributed by atoms with Crippen molar-refractivity contribution in [3.63, 3.8) is 0 Å².